The van der Waals surface area contributed by atoms with Gasteiger partial charge in [-0.15, -0.1) is 0 Å². The summed E-state index contributed by atoms with van der Waals surface area (Å²) in [5.74, 6) is -3.02. The number of carboxylic acids is 1. The zero-order valence-corrected chi connectivity index (χ0v) is 10.6. The van der Waals surface area contributed by atoms with Crippen LogP contribution in [0.2, 0.25) is 0 Å². The number of primary amides is 2. The molecule has 20 heavy (non-hydrogen) atoms. The van der Waals surface area contributed by atoms with Gasteiger partial charge in [0.15, 0.2) is 0 Å². The lowest BCUT2D eigenvalue weighted by atomic mass is 10.2. The summed E-state index contributed by atoms with van der Waals surface area (Å²) in [6.45, 7) is -1.34. The summed E-state index contributed by atoms with van der Waals surface area (Å²) in [6.07, 6.45) is -1.11. The minimum atomic E-state index is -1.28. The second-order valence-corrected chi connectivity index (χ2v) is 4.47. The maximum atomic E-state index is 12.1. The minimum Gasteiger partial charge on any atom is -0.480 e. The van der Waals surface area contributed by atoms with Gasteiger partial charge in [0.1, 0.15) is 19.1 Å². The van der Waals surface area contributed by atoms with Gasteiger partial charge in [-0.2, -0.15) is 0 Å². The lowest BCUT2D eigenvalue weighted by Crippen LogP contribution is -2.52. The Labute approximate surface area is 113 Å². The lowest BCUT2D eigenvalue weighted by molar-refractivity contribution is -0.141. The first-order chi connectivity index (χ1) is 9.22. The first-order valence-electron chi connectivity index (χ1n) is 5.75. The molecule has 112 valence electrons. The van der Waals surface area contributed by atoms with Crippen LogP contribution in [-0.2, 0) is 14.4 Å². The summed E-state index contributed by atoms with van der Waals surface area (Å²) in [5, 5.41) is 18.4. The molecule has 10 nitrogen and oxygen atoms in total. The number of nitrogens with two attached hydrogens (primary N) is 2. The van der Waals surface area contributed by atoms with Gasteiger partial charge in [0, 0.05) is 13.0 Å². The van der Waals surface area contributed by atoms with Crippen LogP contribution in [0.5, 0.6) is 0 Å². The molecule has 0 aromatic heterocycles. The fraction of sp³-hybridized carbons (Fsp3) is 0.600. The van der Waals surface area contributed by atoms with E-state index in [2.05, 4.69) is 0 Å². The number of rotatable bonds is 5. The van der Waals surface area contributed by atoms with Gasteiger partial charge in [-0.3, -0.25) is 9.59 Å². The van der Waals surface area contributed by atoms with E-state index >= 15 is 0 Å². The highest BCUT2D eigenvalue weighted by molar-refractivity contribution is 5.89. The number of carboxylic acid groups (broad SMARTS) is 1. The molecule has 2 unspecified atom stereocenters. The van der Waals surface area contributed by atoms with Gasteiger partial charge in [0.05, 0.1) is 6.10 Å². The van der Waals surface area contributed by atoms with Crippen LogP contribution < -0.4 is 11.5 Å². The number of likely N-dealkylation sites (tertiary alicyclic amines) is 1. The summed E-state index contributed by atoms with van der Waals surface area (Å²) < 4.78 is 0. The van der Waals surface area contributed by atoms with E-state index < -0.39 is 49.1 Å². The highest BCUT2D eigenvalue weighted by Crippen LogP contribution is 2.19. The van der Waals surface area contributed by atoms with E-state index in [1.165, 1.54) is 0 Å². The SMILES string of the molecule is NC(=O)CN(CC(N)=O)C(=O)N1CC(O)CC1C(=O)O. The maximum absolute atomic E-state index is 12.1. The Balaban J connectivity index is 2.89. The van der Waals surface area contributed by atoms with Gasteiger partial charge < -0.3 is 31.5 Å². The minimum absolute atomic E-state index is 0.123. The number of aliphatic hydroxyl groups excluding tert-OH is 1. The van der Waals surface area contributed by atoms with Crippen LogP contribution in [0.3, 0.4) is 0 Å². The van der Waals surface area contributed by atoms with E-state index in [4.69, 9.17) is 16.6 Å². The Morgan fingerprint density at radius 3 is 2.05 bits per heavy atom. The molecular weight excluding hydrogens is 272 g/mol. The Hall–Kier alpha value is -2.36. The molecule has 1 aliphatic rings. The number of hydrogen-bond acceptors (Lipinski definition) is 5. The fourth-order valence-electron chi connectivity index (χ4n) is 2.01. The third kappa shape index (κ3) is 3.82. The van der Waals surface area contributed by atoms with Crippen LogP contribution in [0.25, 0.3) is 0 Å². The summed E-state index contributed by atoms with van der Waals surface area (Å²) in [4.78, 5) is 46.5. The van der Waals surface area contributed by atoms with Gasteiger partial charge >= 0.3 is 12.0 Å². The molecule has 0 radical (unpaired) electrons. The van der Waals surface area contributed by atoms with Crippen LogP contribution in [0.15, 0.2) is 0 Å². The number of urea groups is 1. The standard InChI is InChI=1S/C10H16N4O6/c11-7(16)3-13(4-8(12)17)10(20)14-2-5(15)1-6(14)9(18)19/h5-6,15H,1-4H2,(H2,11,16)(H2,12,17)(H,18,19). The molecule has 1 aliphatic heterocycles. The molecule has 1 rings (SSSR count). The molecule has 0 bridgehead atoms. The van der Waals surface area contributed by atoms with Crippen molar-refractivity contribution in [3.63, 3.8) is 0 Å². The number of nitrogens with zero attached hydrogens (tertiary/aromatic N) is 2. The number of amides is 4. The third-order valence-corrected chi connectivity index (χ3v) is 2.77. The number of β-amino-alcohol motifs (C(OH)–C–C–N with tert-alkyl or cyclic N) is 1. The molecule has 0 saturated carbocycles. The molecule has 1 heterocycles. The predicted molar refractivity (Wildman–Crippen MR) is 64.1 cm³/mol. The van der Waals surface area contributed by atoms with Gasteiger partial charge in [0.25, 0.3) is 0 Å². The van der Waals surface area contributed by atoms with Crippen molar-refractivity contribution < 1.29 is 29.4 Å². The average molecular weight is 288 g/mol. The highest BCUT2D eigenvalue weighted by atomic mass is 16.4. The van der Waals surface area contributed by atoms with Crippen LogP contribution in [0.1, 0.15) is 6.42 Å². The molecule has 6 N–H and O–H groups in total. The number of carbonyl (C=O) groups excluding carboxylic acids is 3. The van der Waals surface area contributed by atoms with Crippen molar-refractivity contribution in [3.05, 3.63) is 0 Å². The third-order valence-electron chi connectivity index (χ3n) is 2.77. The van der Waals surface area contributed by atoms with Crippen molar-refractivity contribution in [2.24, 2.45) is 11.5 Å². The van der Waals surface area contributed by atoms with Crippen molar-refractivity contribution in [3.8, 4) is 0 Å². The molecule has 0 aromatic rings. The molecular formula is C10H16N4O6. The van der Waals surface area contributed by atoms with Crippen molar-refractivity contribution in [1.82, 2.24) is 9.80 Å². The Kier molecular flexibility index (Phi) is 4.86. The van der Waals surface area contributed by atoms with E-state index in [1.807, 2.05) is 0 Å². The molecule has 0 spiro atoms. The maximum Gasteiger partial charge on any atom is 0.326 e. The number of aliphatic hydroxyl groups is 1. The second-order valence-electron chi connectivity index (χ2n) is 4.47. The topological polar surface area (TPSA) is 167 Å². The highest BCUT2D eigenvalue weighted by Gasteiger charge is 2.41. The molecule has 0 aromatic carbocycles. The van der Waals surface area contributed by atoms with Crippen LogP contribution in [0, 0.1) is 0 Å². The molecule has 2 atom stereocenters. The largest absolute Gasteiger partial charge is 0.480 e. The summed E-state index contributed by atoms with van der Waals surface area (Å²) in [5.41, 5.74) is 9.92. The number of hydrogen-bond donors (Lipinski definition) is 4. The van der Waals surface area contributed by atoms with Gasteiger partial charge in [0.2, 0.25) is 11.8 Å². The van der Waals surface area contributed by atoms with E-state index in [-0.39, 0.29) is 13.0 Å². The smallest absolute Gasteiger partial charge is 0.326 e. The number of aliphatic carboxylic acids is 1. The quantitative estimate of drug-likeness (QED) is 0.418. The Bertz CT molecular complexity index is 423. The summed E-state index contributed by atoms with van der Waals surface area (Å²) >= 11 is 0. The monoisotopic (exact) mass is 288 g/mol. The van der Waals surface area contributed by atoms with Crippen molar-refractivity contribution >= 4 is 23.8 Å². The normalized spacial score (nSPS) is 21.6. The molecule has 1 saturated heterocycles. The van der Waals surface area contributed by atoms with Crippen molar-refractivity contribution in [2.45, 2.75) is 18.6 Å². The van der Waals surface area contributed by atoms with Gasteiger partial charge in [-0.1, -0.05) is 0 Å². The van der Waals surface area contributed by atoms with Crippen molar-refractivity contribution in [1.29, 1.82) is 0 Å². The first-order valence-corrected chi connectivity index (χ1v) is 5.75. The molecule has 4 amide bonds. The average Bonchev–Trinajstić information content (AvgIpc) is 2.68. The Morgan fingerprint density at radius 1 is 1.15 bits per heavy atom. The van der Waals surface area contributed by atoms with Gasteiger partial charge in [-0.05, 0) is 0 Å². The van der Waals surface area contributed by atoms with E-state index in [1.54, 1.807) is 0 Å². The van der Waals surface area contributed by atoms with E-state index in [9.17, 15) is 24.3 Å². The summed E-state index contributed by atoms with van der Waals surface area (Å²) in [6, 6.07) is -2.10. The number of carbonyl (C=O) groups is 4. The summed E-state index contributed by atoms with van der Waals surface area (Å²) in [7, 11) is 0. The fourth-order valence-corrected chi connectivity index (χ4v) is 2.01. The molecule has 0 aliphatic carbocycles. The van der Waals surface area contributed by atoms with Crippen LogP contribution in [0.4, 0.5) is 4.79 Å². The molecule has 10 heteroatoms. The zero-order valence-electron chi connectivity index (χ0n) is 10.6. The van der Waals surface area contributed by atoms with Crippen LogP contribution in [-0.4, -0.2) is 75.6 Å². The van der Waals surface area contributed by atoms with E-state index in [0.29, 0.717) is 0 Å². The van der Waals surface area contributed by atoms with Gasteiger partial charge in [-0.25, -0.2) is 9.59 Å². The van der Waals surface area contributed by atoms with E-state index in [0.717, 1.165) is 9.80 Å². The zero-order chi connectivity index (χ0) is 15.4. The van der Waals surface area contributed by atoms with Crippen LogP contribution >= 0.6 is 0 Å². The molecule has 1 fully saturated rings. The van der Waals surface area contributed by atoms with Crippen molar-refractivity contribution in [2.75, 3.05) is 19.6 Å². The predicted octanol–water partition coefficient (Wildman–Crippen LogP) is -3.10. The Morgan fingerprint density at radius 2 is 1.65 bits per heavy atom. The second kappa shape index (κ2) is 6.19. The first kappa shape index (κ1) is 15.7. The lowest BCUT2D eigenvalue weighted by Gasteiger charge is -2.28.